The van der Waals surface area contributed by atoms with E-state index in [1.54, 1.807) is 12.1 Å². The van der Waals surface area contributed by atoms with Crippen LogP contribution in [0.15, 0.2) is 42.5 Å². The molecule has 0 aliphatic carbocycles. The van der Waals surface area contributed by atoms with Gasteiger partial charge in [0.1, 0.15) is 17.2 Å². The quantitative estimate of drug-likeness (QED) is 0.815. The number of carbonyl (C=O) groups is 1. The number of benzene rings is 2. The summed E-state index contributed by atoms with van der Waals surface area (Å²) in [6.45, 7) is 1.88. The van der Waals surface area contributed by atoms with Crippen LogP contribution in [0.5, 0.6) is 17.2 Å². The molecule has 1 atom stereocenters. The van der Waals surface area contributed by atoms with E-state index in [-0.39, 0.29) is 5.91 Å². The van der Waals surface area contributed by atoms with Gasteiger partial charge in [-0.15, -0.1) is 0 Å². The number of nitrogens with one attached hydrogen (secondary N) is 1. The van der Waals surface area contributed by atoms with Crippen molar-refractivity contribution in [3.8, 4) is 17.2 Å². The number of hydrogen-bond donors (Lipinski definition) is 1. The van der Waals surface area contributed by atoms with Crippen LogP contribution in [0, 0.1) is 0 Å². The van der Waals surface area contributed by atoms with Crippen LogP contribution in [0.1, 0.15) is 13.3 Å². The summed E-state index contributed by atoms with van der Waals surface area (Å²) < 4.78 is 16.2. The van der Waals surface area contributed by atoms with E-state index in [0.717, 1.165) is 0 Å². The van der Waals surface area contributed by atoms with Crippen LogP contribution in [0.2, 0.25) is 5.02 Å². The molecule has 0 aliphatic heterocycles. The van der Waals surface area contributed by atoms with Crippen LogP contribution >= 0.6 is 11.6 Å². The Bertz CT molecular complexity index is 691. The monoisotopic (exact) mass is 349 g/mol. The Morgan fingerprint density at radius 1 is 1.12 bits per heavy atom. The molecule has 1 N–H and O–H groups in total. The summed E-state index contributed by atoms with van der Waals surface area (Å²) in [7, 11) is 3.01. The van der Waals surface area contributed by atoms with E-state index in [0.29, 0.717) is 34.4 Å². The average Bonchev–Trinajstić information content (AvgIpc) is 2.61. The van der Waals surface area contributed by atoms with Crippen molar-refractivity contribution in [2.75, 3.05) is 19.5 Å². The van der Waals surface area contributed by atoms with E-state index in [1.807, 2.05) is 37.3 Å². The van der Waals surface area contributed by atoms with Crippen LogP contribution in [-0.2, 0) is 4.79 Å². The molecule has 2 aromatic carbocycles. The molecule has 2 rings (SSSR count). The Morgan fingerprint density at radius 3 is 2.38 bits per heavy atom. The number of rotatable bonds is 7. The van der Waals surface area contributed by atoms with Crippen molar-refractivity contribution in [3.63, 3.8) is 0 Å². The Kier molecular flexibility index (Phi) is 6.32. The van der Waals surface area contributed by atoms with E-state index in [4.69, 9.17) is 25.8 Å². The molecule has 128 valence electrons. The SMILES string of the molecule is CC[C@@H](Oc1ccccc1)C(=O)Nc1cc(OC)c(Cl)cc1OC. The van der Waals surface area contributed by atoms with Crippen molar-refractivity contribution < 1.29 is 19.0 Å². The summed E-state index contributed by atoms with van der Waals surface area (Å²) in [6.07, 6.45) is -0.105. The van der Waals surface area contributed by atoms with Crippen LogP contribution in [0.3, 0.4) is 0 Å². The molecule has 0 heterocycles. The van der Waals surface area contributed by atoms with Crippen molar-refractivity contribution >= 4 is 23.2 Å². The van der Waals surface area contributed by atoms with E-state index >= 15 is 0 Å². The summed E-state index contributed by atoms with van der Waals surface area (Å²) in [5.41, 5.74) is 0.471. The topological polar surface area (TPSA) is 56.8 Å². The lowest BCUT2D eigenvalue weighted by Crippen LogP contribution is -2.32. The molecule has 1 amide bonds. The number of amides is 1. The molecule has 0 unspecified atom stereocenters. The van der Waals surface area contributed by atoms with Gasteiger partial charge < -0.3 is 19.5 Å². The number of ether oxygens (including phenoxy) is 3. The smallest absolute Gasteiger partial charge is 0.265 e. The van der Waals surface area contributed by atoms with Gasteiger partial charge in [-0.25, -0.2) is 0 Å². The van der Waals surface area contributed by atoms with Gasteiger partial charge in [-0.1, -0.05) is 36.7 Å². The zero-order chi connectivity index (χ0) is 17.5. The number of anilines is 1. The minimum atomic E-state index is -0.626. The van der Waals surface area contributed by atoms with E-state index in [2.05, 4.69) is 5.32 Å². The molecule has 0 radical (unpaired) electrons. The summed E-state index contributed by atoms with van der Waals surface area (Å²) in [4.78, 5) is 12.5. The summed E-state index contributed by atoms with van der Waals surface area (Å²) in [5.74, 6) is 1.26. The molecule has 6 heteroatoms. The highest BCUT2D eigenvalue weighted by atomic mass is 35.5. The molecule has 0 aromatic heterocycles. The number of methoxy groups -OCH3 is 2. The van der Waals surface area contributed by atoms with Crippen molar-refractivity contribution in [3.05, 3.63) is 47.5 Å². The second kappa shape index (κ2) is 8.45. The fraction of sp³-hybridized carbons (Fsp3) is 0.278. The van der Waals surface area contributed by atoms with Gasteiger partial charge in [0.2, 0.25) is 0 Å². The van der Waals surface area contributed by atoms with E-state index in [1.165, 1.54) is 14.2 Å². The molecule has 0 bridgehead atoms. The lowest BCUT2D eigenvalue weighted by Gasteiger charge is -2.19. The van der Waals surface area contributed by atoms with Gasteiger partial charge in [-0.3, -0.25) is 4.79 Å². The molecule has 24 heavy (non-hydrogen) atoms. The number of hydrogen-bond acceptors (Lipinski definition) is 4. The molecule has 2 aromatic rings. The highest BCUT2D eigenvalue weighted by Crippen LogP contribution is 2.36. The first-order valence-electron chi connectivity index (χ1n) is 7.53. The summed E-state index contributed by atoms with van der Waals surface area (Å²) in [6, 6.07) is 12.4. The van der Waals surface area contributed by atoms with Gasteiger partial charge in [-0.2, -0.15) is 0 Å². The molecular weight excluding hydrogens is 330 g/mol. The largest absolute Gasteiger partial charge is 0.495 e. The second-order valence-electron chi connectivity index (χ2n) is 5.00. The highest BCUT2D eigenvalue weighted by Gasteiger charge is 2.21. The first kappa shape index (κ1) is 17.9. The zero-order valence-corrected chi connectivity index (χ0v) is 14.6. The molecule has 0 saturated heterocycles. The Labute approximate surface area is 146 Å². The zero-order valence-electron chi connectivity index (χ0n) is 13.8. The van der Waals surface area contributed by atoms with E-state index < -0.39 is 6.10 Å². The third kappa shape index (κ3) is 4.32. The lowest BCUT2D eigenvalue weighted by atomic mass is 10.2. The molecular formula is C18H20ClNO4. The maximum absolute atomic E-state index is 12.5. The van der Waals surface area contributed by atoms with Gasteiger partial charge in [0.15, 0.2) is 6.10 Å². The number of halogens is 1. The van der Waals surface area contributed by atoms with Crippen molar-refractivity contribution in [2.24, 2.45) is 0 Å². The lowest BCUT2D eigenvalue weighted by molar-refractivity contribution is -0.122. The first-order valence-corrected chi connectivity index (χ1v) is 7.91. The Morgan fingerprint density at radius 2 is 1.79 bits per heavy atom. The van der Waals surface area contributed by atoms with Crippen molar-refractivity contribution in [1.29, 1.82) is 0 Å². The minimum Gasteiger partial charge on any atom is -0.495 e. The normalized spacial score (nSPS) is 11.5. The fourth-order valence-electron chi connectivity index (χ4n) is 2.16. The third-order valence-electron chi connectivity index (χ3n) is 3.42. The standard InChI is InChI=1S/C18H20ClNO4/c1-4-15(24-12-8-6-5-7-9-12)18(21)20-14-11-16(22-2)13(19)10-17(14)23-3/h5-11,15H,4H2,1-3H3,(H,20,21)/t15-/m1/s1. The molecule has 0 saturated carbocycles. The number of carbonyl (C=O) groups excluding carboxylic acids is 1. The molecule has 0 fully saturated rings. The van der Waals surface area contributed by atoms with Crippen LogP contribution in [-0.4, -0.2) is 26.2 Å². The predicted octanol–water partition coefficient (Wildman–Crippen LogP) is 4.15. The fourth-order valence-corrected chi connectivity index (χ4v) is 2.39. The number of para-hydroxylation sites is 1. The van der Waals surface area contributed by atoms with Gasteiger partial charge in [0.25, 0.3) is 5.91 Å². The van der Waals surface area contributed by atoms with Crippen LogP contribution in [0.4, 0.5) is 5.69 Å². The Hall–Kier alpha value is -2.40. The first-order chi connectivity index (χ1) is 11.6. The Balaban J connectivity index is 2.18. The maximum atomic E-state index is 12.5. The molecule has 0 spiro atoms. The summed E-state index contributed by atoms with van der Waals surface area (Å²) in [5, 5.41) is 3.21. The van der Waals surface area contributed by atoms with Gasteiger partial charge >= 0.3 is 0 Å². The molecule has 5 nitrogen and oxygen atoms in total. The van der Waals surface area contributed by atoms with Gasteiger partial charge in [0, 0.05) is 12.1 Å². The minimum absolute atomic E-state index is 0.274. The van der Waals surface area contributed by atoms with Crippen LogP contribution < -0.4 is 19.5 Å². The van der Waals surface area contributed by atoms with Crippen molar-refractivity contribution in [2.45, 2.75) is 19.4 Å². The van der Waals surface area contributed by atoms with Crippen molar-refractivity contribution in [1.82, 2.24) is 0 Å². The predicted molar refractivity (Wildman–Crippen MR) is 94.3 cm³/mol. The maximum Gasteiger partial charge on any atom is 0.265 e. The average molecular weight is 350 g/mol. The van der Waals surface area contributed by atoms with Gasteiger partial charge in [0.05, 0.1) is 24.9 Å². The third-order valence-corrected chi connectivity index (χ3v) is 3.71. The van der Waals surface area contributed by atoms with Gasteiger partial charge in [-0.05, 0) is 18.6 Å². The second-order valence-corrected chi connectivity index (χ2v) is 5.41. The van der Waals surface area contributed by atoms with Crippen LogP contribution in [0.25, 0.3) is 0 Å². The molecule has 0 aliphatic rings. The van der Waals surface area contributed by atoms with E-state index in [9.17, 15) is 4.79 Å². The summed E-state index contributed by atoms with van der Waals surface area (Å²) >= 11 is 6.07. The highest BCUT2D eigenvalue weighted by molar-refractivity contribution is 6.32.